The van der Waals surface area contributed by atoms with Gasteiger partial charge in [0.2, 0.25) is 0 Å². The number of hydrogen-bond donors (Lipinski definition) is 1. The van der Waals surface area contributed by atoms with E-state index in [1.165, 1.54) is 6.07 Å². The third-order valence-corrected chi connectivity index (χ3v) is 2.87. The number of nitrogens with one attached hydrogen (secondary N) is 1. The average Bonchev–Trinajstić information content (AvgIpc) is 2.52. The fourth-order valence-corrected chi connectivity index (χ4v) is 1.81. The van der Waals surface area contributed by atoms with Gasteiger partial charge in [0.15, 0.2) is 0 Å². The van der Waals surface area contributed by atoms with Gasteiger partial charge in [-0.3, -0.25) is 0 Å². The van der Waals surface area contributed by atoms with Crippen molar-refractivity contribution in [2.75, 3.05) is 25.6 Å². The minimum absolute atomic E-state index is 0.0157. The number of ether oxygens (including phenoxy) is 2. The number of rotatable bonds is 6. The third-order valence-electron chi connectivity index (χ3n) is 2.87. The number of hydrogen-bond acceptors (Lipinski definition) is 4. The zero-order valence-corrected chi connectivity index (χ0v) is 11.6. The molecule has 0 saturated carbocycles. The predicted molar refractivity (Wildman–Crippen MR) is 78.1 cm³/mol. The second-order valence-corrected chi connectivity index (χ2v) is 4.22. The molecule has 0 saturated heterocycles. The SMILES string of the molecule is COc1ccc(OCCNc2cccc(F)c2C#N)cc1. The van der Waals surface area contributed by atoms with Gasteiger partial charge in [-0.1, -0.05) is 6.07 Å². The highest BCUT2D eigenvalue weighted by atomic mass is 19.1. The number of anilines is 1. The van der Waals surface area contributed by atoms with E-state index < -0.39 is 5.82 Å². The largest absolute Gasteiger partial charge is 0.497 e. The van der Waals surface area contributed by atoms with Crippen LogP contribution >= 0.6 is 0 Å². The molecule has 21 heavy (non-hydrogen) atoms. The molecule has 0 aromatic heterocycles. The van der Waals surface area contributed by atoms with Gasteiger partial charge in [0.25, 0.3) is 0 Å². The van der Waals surface area contributed by atoms with Crippen LogP contribution in [0.1, 0.15) is 5.56 Å². The summed E-state index contributed by atoms with van der Waals surface area (Å²) in [4.78, 5) is 0. The van der Waals surface area contributed by atoms with Crippen LogP contribution < -0.4 is 14.8 Å². The smallest absolute Gasteiger partial charge is 0.143 e. The van der Waals surface area contributed by atoms with E-state index in [2.05, 4.69) is 5.32 Å². The molecular weight excluding hydrogens is 271 g/mol. The molecule has 0 aliphatic carbocycles. The quantitative estimate of drug-likeness (QED) is 0.829. The second kappa shape index (κ2) is 7.15. The van der Waals surface area contributed by atoms with Gasteiger partial charge in [-0.15, -0.1) is 0 Å². The zero-order valence-electron chi connectivity index (χ0n) is 11.6. The molecule has 0 unspecified atom stereocenters. The molecule has 0 heterocycles. The Morgan fingerprint density at radius 1 is 1.14 bits per heavy atom. The molecule has 0 atom stereocenters. The van der Waals surface area contributed by atoms with Gasteiger partial charge < -0.3 is 14.8 Å². The average molecular weight is 286 g/mol. The fourth-order valence-electron chi connectivity index (χ4n) is 1.81. The van der Waals surface area contributed by atoms with Crippen LogP contribution in [0.3, 0.4) is 0 Å². The molecule has 0 aliphatic heterocycles. The van der Waals surface area contributed by atoms with Crippen molar-refractivity contribution in [1.29, 1.82) is 5.26 Å². The molecule has 0 fully saturated rings. The Hall–Kier alpha value is -2.74. The molecule has 5 heteroatoms. The van der Waals surface area contributed by atoms with E-state index >= 15 is 0 Å². The first kappa shape index (κ1) is 14.7. The standard InChI is InChI=1S/C16H15FN2O2/c1-20-12-5-7-13(8-6-12)21-10-9-19-16-4-2-3-15(17)14(16)11-18/h2-8,19H,9-10H2,1H3. The van der Waals surface area contributed by atoms with Crippen molar-refractivity contribution < 1.29 is 13.9 Å². The Kier molecular flexibility index (Phi) is 4.99. The van der Waals surface area contributed by atoms with Gasteiger partial charge in [0, 0.05) is 6.54 Å². The van der Waals surface area contributed by atoms with Gasteiger partial charge in [0.1, 0.15) is 35.6 Å². The van der Waals surface area contributed by atoms with Crippen molar-refractivity contribution in [3.05, 3.63) is 53.8 Å². The van der Waals surface area contributed by atoms with Gasteiger partial charge in [-0.2, -0.15) is 5.26 Å². The molecular formula is C16H15FN2O2. The zero-order chi connectivity index (χ0) is 15.1. The van der Waals surface area contributed by atoms with E-state index in [0.29, 0.717) is 18.8 Å². The Labute approximate surface area is 122 Å². The number of nitriles is 1. The van der Waals surface area contributed by atoms with Crippen molar-refractivity contribution >= 4 is 5.69 Å². The summed E-state index contributed by atoms with van der Waals surface area (Å²) in [5.74, 6) is 0.954. The summed E-state index contributed by atoms with van der Waals surface area (Å²) in [5, 5.41) is 11.9. The van der Waals surface area contributed by atoms with E-state index in [4.69, 9.17) is 14.7 Å². The van der Waals surface area contributed by atoms with E-state index in [9.17, 15) is 4.39 Å². The van der Waals surface area contributed by atoms with Crippen molar-refractivity contribution in [3.8, 4) is 17.6 Å². The lowest BCUT2D eigenvalue weighted by atomic mass is 10.2. The molecule has 2 rings (SSSR count). The Morgan fingerprint density at radius 2 is 1.86 bits per heavy atom. The molecule has 4 nitrogen and oxygen atoms in total. The van der Waals surface area contributed by atoms with Crippen molar-refractivity contribution in [2.24, 2.45) is 0 Å². The first-order valence-corrected chi connectivity index (χ1v) is 6.44. The van der Waals surface area contributed by atoms with Crippen molar-refractivity contribution in [1.82, 2.24) is 0 Å². The van der Waals surface area contributed by atoms with Crippen LogP contribution in [0.5, 0.6) is 11.5 Å². The predicted octanol–water partition coefficient (Wildman–Crippen LogP) is 3.20. The number of halogens is 1. The van der Waals surface area contributed by atoms with Gasteiger partial charge in [-0.05, 0) is 36.4 Å². The molecule has 0 radical (unpaired) electrons. The third kappa shape index (κ3) is 3.86. The molecule has 0 aliphatic rings. The summed E-state index contributed by atoms with van der Waals surface area (Å²) in [5.41, 5.74) is 0.484. The first-order chi connectivity index (χ1) is 10.2. The lowest BCUT2D eigenvalue weighted by Gasteiger charge is -2.10. The highest BCUT2D eigenvalue weighted by Gasteiger charge is 2.06. The summed E-state index contributed by atoms with van der Waals surface area (Å²) >= 11 is 0. The highest BCUT2D eigenvalue weighted by Crippen LogP contribution is 2.18. The highest BCUT2D eigenvalue weighted by molar-refractivity contribution is 5.57. The first-order valence-electron chi connectivity index (χ1n) is 6.44. The summed E-state index contributed by atoms with van der Waals surface area (Å²) in [7, 11) is 1.60. The Morgan fingerprint density at radius 3 is 2.52 bits per heavy atom. The van der Waals surface area contributed by atoms with Gasteiger partial charge in [0.05, 0.1) is 12.8 Å². The molecule has 0 amide bonds. The van der Waals surface area contributed by atoms with Gasteiger partial charge >= 0.3 is 0 Å². The normalized spacial score (nSPS) is 9.76. The Bertz CT molecular complexity index is 636. The van der Waals surface area contributed by atoms with Crippen LogP contribution in [0.2, 0.25) is 0 Å². The molecule has 2 aromatic carbocycles. The monoisotopic (exact) mass is 286 g/mol. The minimum atomic E-state index is -0.529. The number of nitrogens with zero attached hydrogens (tertiary/aromatic N) is 1. The minimum Gasteiger partial charge on any atom is -0.497 e. The van der Waals surface area contributed by atoms with E-state index in [0.717, 1.165) is 11.5 Å². The lowest BCUT2D eigenvalue weighted by Crippen LogP contribution is -2.12. The summed E-state index contributed by atoms with van der Waals surface area (Å²) in [6.07, 6.45) is 0. The number of benzene rings is 2. The summed E-state index contributed by atoms with van der Waals surface area (Å²) in [6, 6.07) is 13.6. The van der Waals surface area contributed by atoms with E-state index in [-0.39, 0.29) is 5.56 Å². The topological polar surface area (TPSA) is 54.3 Å². The summed E-state index contributed by atoms with van der Waals surface area (Å²) in [6.45, 7) is 0.859. The molecule has 2 aromatic rings. The van der Waals surface area contributed by atoms with Crippen LogP contribution in [0.15, 0.2) is 42.5 Å². The maximum Gasteiger partial charge on any atom is 0.143 e. The lowest BCUT2D eigenvalue weighted by molar-refractivity contribution is 0.331. The van der Waals surface area contributed by atoms with E-state index in [1.54, 1.807) is 19.2 Å². The second-order valence-electron chi connectivity index (χ2n) is 4.22. The van der Waals surface area contributed by atoms with Crippen molar-refractivity contribution in [2.45, 2.75) is 0 Å². The molecule has 0 bridgehead atoms. The van der Waals surface area contributed by atoms with Crippen LogP contribution in [0.25, 0.3) is 0 Å². The molecule has 0 spiro atoms. The Balaban J connectivity index is 1.85. The van der Waals surface area contributed by atoms with Crippen LogP contribution in [-0.4, -0.2) is 20.3 Å². The van der Waals surface area contributed by atoms with Crippen LogP contribution in [0.4, 0.5) is 10.1 Å². The molecule has 108 valence electrons. The van der Waals surface area contributed by atoms with Crippen LogP contribution in [-0.2, 0) is 0 Å². The van der Waals surface area contributed by atoms with Gasteiger partial charge in [-0.25, -0.2) is 4.39 Å². The van der Waals surface area contributed by atoms with E-state index in [1.807, 2.05) is 30.3 Å². The fraction of sp³-hybridized carbons (Fsp3) is 0.188. The molecule has 1 N–H and O–H groups in total. The van der Waals surface area contributed by atoms with Crippen molar-refractivity contribution in [3.63, 3.8) is 0 Å². The van der Waals surface area contributed by atoms with Crippen LogP contribution in [0, 0.1) is 17.1 Å². The maximum absolute atomic E-state index is 13.4. The maximum atomic E-state index is 13.4. The summed E-state index contributed by atoms with van der Waals surface area (Å²) < 4.78 is 24.0. The number of methoxy groups -OCH3 is 1.